The zero-order valence-corrected chi connectivity index (χ0v) is 10.8. The Morgan fingerprint density at radius 2 is 1.78 bits per heavy atom. The molecule has 2 rings (SSSR count). The van der Waals surface area contributed by atoms with Gasteiger partial charge in [0.05, 0.1) is 5.56 Å². The molecule has 0 aliphatic heterocycles. The maximum absolute atomic E-state index is 10.6. The third kappa shape index (κ3) is 4.18. The summed E-state index contributed by atoms with van der Waals surface area (Å²) >= 11 is 0. The van der Waals surface area contributed by atoms with Crippen LogP contribution >= 0.6 is 0 Å². The summed E-state index contributed by atoms with van der Waals surface area (Å²) in [6.07, 6.45) is 1.08. The lowest BCUT2D eigenvalue weighted by molar-refractivity contribution is 0.0697. The first-order valence-electron chi connectivity index (χ1n) is 6.02. The van der Waals surface area contributed by atoms with Crippen LogP contribution in [-0.2, 0) is 0 Å². The van der Waals surface area contributed by atoms with E-state index < -0.39 is 5.97 Å². The molecule has 0 aliphatic rings. The van der Waals surface area contributed by atoms with E-state index in [2.05, 4.69) is 6.92 Å². The molecule has 0 saturated heterocycles. The van der Waals surface area contributed by atoms with Crippen LogP contribution in [-0.4, -0.2) is 17.1 Å². The molecule has 1 unspecified atom stereocenters. The monoisotopic (exact) mass is 245 g/mol. The van der Waals surface area contributed by atoms with Crippen molar-refractivity contribution in [2.75, 3.05) is 0 Å². The minimum atomic E-state index is -0.884. The van der Waals surface area contributed by atoms with Gasteiger partial charge >= 0.3 is 5.97 Å². The second kappa shape index (κ2) is 6.77. The SMILES string of the molecule is CCC(C)N.O=C(O)c1ccc2ccccc2c1. The van der Waals surface area contributed by atoms with Gasteiger partial charge in [-0.15, -0.1) is 0 Å². The number of carboxylic acid groups (broad SMARTS) is 1. The molecule has 0 spiro atoms. The Morgan fingerprint density at radius 1 is 1.22 bits per heavy atom. The summed E-state index contributed by atoms with van der Waals surface area (Å²) in [5.41, 5.74) is 5.62. The highest BCUT2D eigenvalue weighted by Gasteiger charge is 2.01. The second-order valence-electron chi connectivity index (χ2n) is 4.25. The highest BCUT2D eigenvalue weighted by molar-refractivity contribution is 5.94. The van der Waals surface area contributed by atoms with Crippen LogP contribution < -0.4 is 5.73 Å². The van der Waals surface area contributed by atoms with Crippen LogP contribution in [0, 0.1) is 0 Å². The quantitative estimate of drug-likeness (QED) is 0.853. The molecule has 18 heavy (non-hydrogen) atoms. The summed E-state index contributed by atoms with van der Waals surface area (Å²) in [5.74, 6) is -0.884. The molecule has 2 aromatic carbocycles. The Labute approximate surface area is 107 Å². The van der Waals surface area contributed by atoms with Gasteiger partial charge in [-0.3, -0.25) is 0 Å². The third-order valence-corrected chi connectivity index (χ3v) is 2.64. The van der Waals surface area contributed by atoms with Gasteiger partial charge in [0.2, 0.25) is 0 Å². The largest absolute Gasteiger partial charge is 0.478 e. The summed E-state index contributed by atoms with van der Waals surface area (Å²) in [5, 5.41) is 10.8. The first-order chi connectivity index (χ1) is 8.54. The maximum atomic E-state index is 10.6. The van der Waals surface area contributed by atoms with E-state index in [1.165, 1.54) is 0 Å². The highest BCUT2D eigenvalue weighted by atomic mass is 16.4. The molecule has 0 aliphatic carbocycles. The fraction of sp³-hybridized carbons (Fsp3) is 0.267. The summed E-state index contributed by atoms with van der Waals surface area (Å²) in [6.45, 7) is 4.07. The predicted molar refractivity (Wildman–Crippen MR) is 74.8 cm³/mol. The number of carbonyl (C=O) groups is 1. The molecular formula is C15H19NO2. The number of aromatic carboxylic acids is 1. The first kappa shape index (κ1) is 14.2. The Hall–Kier alpha value is -1.87. The molecule has 3 heteroatoms. The van der Waals surface area contributed by atoms with Crippen molar-refractivity contribution in [1.29, 1.82) is 0 Å². The average Bonchev–Trinajstić information content (AvgIpc) is 2.38. The second-order valence-corrected chi connectivity index (χ2v) is 4.25. The molecule has 0 bridgehead atoms. The van der Waals surface area contributed by atoms with Crippen LogP contribution in [0.3, 0.4) is 0 Å². The van der Waals surface area contributed by atoms with E-state index in [0.29, 0.717) is 11.6 Å². The molecule has 2 aromatic rings. The van der Waals surface area contributed by atoms with Crippen LogP contribution in [0.25, 0.3) is 10.8 Å². The Kier molecular flexibility index (Phi) is 5.33. The van der Waals surface area contributed by atoms with Gasteiger partial charge < -0.3 is 10.8 Å². The van der Waals surface area contributed by atoms with E-state index in [4.69, 9.17) is 10.8 Å². The van der Waals surface area contributed by atoms with Crippen molar-refractivity contribution in [3.05, 3.63) is 48.0 Å². The van der Waals surface area contributed by atoms with Crippen LogP contribution in [0.1, 0.15) is 30.6 Å². The number of benzene rings is 2. The summed E-state index contributed by atoms with van der Waals surface area (Å²) < 4.78 is 0. The van der Waals surface area contributed by atoms with Crippen LogP contribution in [0.2, 0.25) is 0 Å². The number of nitrogens with two attached hydrogens (primary N) is 1. The van der Waals surface area contributed by atoms with Gasteiger partial charge in [-0.25, -0.2) is 4.79 Å². The predicted octanol–water partition coefficient (Wildman–Crippen LogP) is 3.28. The lowest BCUT2D eigenvalue weighted by Crippen LogP contribution is -2.11. The van der Waals surface area contributed by atoms with Crippen molar-refractivity contribution in [3.8, 4) is 0 Å². The highest BCUT2D eigenvalue weighted by Crippen LogP contribution is 2.15. The van der Waals surface area contributed by atoms with E-state index in [-0.39, 0.29) is 0 Å². The minimum absolute atomic E-state index is 0.332. The first-order valence-corrected chi connectivity index (χ1v) is 6.02. The normalized spacial score (nSPS) is 11.5. The standard InChI is InChI=1S/C11H8O2.C4H11N/c12-11(13)10-6-5-8-3-1-2-4-9(8)7-10;1-3-4(2)5/h1-7H,(H,12,13);4H,3,5H2,1-2H3. The number of carboxylic acids is 1. The number of fused-ring (bicyclic) bond motifs is 1. The summed E-state index contributed by atoms with van der Waals surface area (Å²) in [4.78, 5) is 10.6. The molecule has 0 saturated carbocycles. The maximum Gasteiger partial charge on any atom is 0.335 e. The van der Waals surface area contributed by atoms with Crippen molar-refractivity contribution >= 4 is 16.7 Å². The molecule has 1 atom stereocenters. The molecule has 3 N–H and O–H groups in total. The van der Waals surface area contributed by atoms with E-state index in [9.17, 15) is 4.79 Å². The van der Waals surface area contributed by atoms with Gasteiger partial charge in [0.1, 0.15) is 0 Å². The average molecular weight is 245 g/mol. The zero-order valence-electron chi connectivity index (χ0n) is 10.8. The van der Waals surface area contributed by atoms with Gasteiger partial charge in [-0.2, -0.15) is 0 Å². The topological polar surface area (TPSA) is 63.3 Å². The zero-order chi connectivity index (χ0) is 13.5. The van der Waals surface area contributed by atoms with Crippen LogP contribution in [0.4, 0.5) is 0 Å². The van der Waals surface area contributed by atoms with Crippen molar-refractivity contribution in [2.45, 2.75) is 26.3 Å². The molecule has 0 fully saturated rings. The fourth-order valence-corrected chi connectivity index (χ4v) is 1.32. The van der Waals surface area contributed by atoms with E-state index >= 15 is 0 Å². The van der Waals surface area contributed by atoms with Gasteiger partial charge in [0.25, 0.3) is 0 Å². The smallest absolute Gasteiger partial charge is 0.335 e. The Morgan fingerprint density at radius 3 is 2.28 bits per heavy atom. The third-order valence-electron chi connectivity index (χ3n) is 2.64. The van der Waals surface area contributed by atoms with E-state index in [0.717, 1.165) is 17.2 Å². The molecular weight excluding hydrogens is 226 g/mol. The summed E-state index contributed by atoms with van der Waals surface area (Å²) in [6, 6.07) is 13.2. The van der Waals surface area contributed by atoms with Gasteiger partial charge in [0, 0.05) is 6.04 Å². The van der Waals surface area contributed by atoms with Gasteiger partial charge in [-0.1, -0.05) is 37.3 Å². The lowest BCUT2D eigenvalue weighted by Gasteiger charge is -1.98. The van der Waals surface area contributed by atoms with E-state index in [1.54, 1.807) is 12.1 Å². The van der Waals surface area contributed by atoms with E-state index in [1.807, 2.05) is 37.3 Å². The van der Waals surface area contributed by atoms with Crippen molar-refractivity contribution < 1.29 is 9.90 Å². The van der Waals surface area contributed by atoms with Crippen molar-refractivity contribution in [1.82, 2.24) is 0 Å². The van der Waals surface area contributed by atoms with Crippen molar-refractivity contribution in [2.24, 2.45) is 5.73 Å². The molecule has 3 nitrogen and oxygen atoms in total. The van der Waals surface area contributed by atoms with Crippen LogP contribution in [0.15, 0.2) is 42.5 Å². The summed E-state index contributed by atoms with van der Waals surface area (Å²) in [7, 11) is 0. The molecule has 0 amide bonds. The van der Waals surface area contributed by atoms with Crippen molar-refractivity contribution in [3.63, 3.8) is 0 Å². The minimum Gasteiger partial charge on any atom is -0.478 e. The molecule has 0 radical (unpaired) electrons. The number of hydrogen-bond acceptors (Lipinski definition) is 2. The fourth-order valence-electron chi connectivity index (χ4n) is 1.32. The van der Waals surface area contributed by atoms with Crippen LogP contribution in [0.5, 0.6) is 0 Å². The van der Waals surface area contributed by atoms with Gasteiger partial charge in [-0.05, 0) is 36.2 Å². The molecule has 0 heterocycles. The Balaban J connectivity index is 0.000000280. The molecule has 0 aromatic heterocycles. The number of rotatable bonds is 2. The lowest BCUT2D eigenvalue weighted by atomic mass is 10.1. The number of hydrogen-bond donors (Lipinski definition) is 2. The molecule has 96 valence electrons. The van der Waals surface area contributed by atoms with Gasteiger partial charge in [0.15, 0.2) is 0 Å². The Bertz CT molecular complexity index is 521.